The highest BCUT2D eigenvalue weighted by Crippen LogP contribution is 2.22. The predicted octanol–water partition coefficient (Wildman–Crippen LogP) is 2.77. The third-order valence-corrected chi connectivity index (χ3v) is 2.98. The number of rotatable bonds is 5. The van der Waals surface area contributed by atoms with Crippen molar-refractivity contribution in [2.45, 2.75) is 12.8 Å². The lowest BCUT2D eigenvalue weighted by Crippen LogP contribution is -2.04. The second kappa shape index (κ2) is 5.65. The fourth-order valence-corrected chi connectivity index (χ4v) is 1.93. The standard InChI is InChI=1S/C15H17NO2/c1-18-14-7-6-11-9-13(5-4-12(11)10-14)15(17)3-2-8-16/h4-7,9-10H,2-3,8,16H2,1H3. The minimum absolute atomic E-state index is 0.151. The Morgan fingerprint density at radius 3 is 2.61 bits per heavy atom. The van der Waals surface area contributed by atoms with Crippen molar-refractivity contribution in [1.29, 1.82) is 0 Å². The summed E-state index contributed by atoms with van der Waals surface area (Å²) in [6.07, 6.45) is 1.25. The number of Topliss-reactive ketones (excluding diaryl/α,β-unsaturated/α-hetero) is 1. The molecule has 0 unspecified atom stereocenters. The molecule has 0 atom stereocenters. The molecule has 0 saturated heterocycles. The van der Waals surface area contributed by atoms with Crippen molar-refractivity contribution in [3.05, 3.63) is 42.0 Å². The first kappa shape index (κ1) is 12.6. The van der Waals surface area contributed by atoms with Gasteiger partial charge in [0.1, 0.15) is 5.75 Å². The van der Waals surface area contributed by atoms with Crippen molar-refractivity contribution in [1.82, 2.24) is 0 Å². The van der Waals surface area contributed by atoms with Crippen LogP contribution >= 0.6 is 0 Å². The summed E-state index contributed by atoms with van der Waals surface area (Å²) < 4.78 is 5.17. The van der Waals surface area contributed by atoms with Gasteiger partial charge in [-0.15, -0.1) is 0 Å². The maximum Gasteiger partial charge on any atom is 0.162 e. The number of ketones is 1. The molecule has 0 aliphatic rings. The molecule has 0 saturated carbocycles. The largest absolute Gasteiger partial charge is 0.497 e. The maximum atomic E-state index is 11.9. The summed E-state index contributed by atoms with van der Waals surface area (Å²) >= 11 is 0. The topological polar surface area (TPSA) is 52.3 Å². The third kappa shape index (κ3) is 2.68. The van der Waals surface area contributed by atoms with Crippen LogP contribution in [0, 0.1) is 0 Å². The minimum Gasteiger partial charge on any atom is -0.497 e. The molecular formula is C15H17NO2. The Morgan fingerprint density at radius 2 is 1.89 bits per heavy atom. The minimum atomic E-state index is 0.151. The van der Waals surface area contributed by atoms with Crippen molar-refractivity contribution in [2.24, 2.45) is 5.73 Å². The van der Waals surface area contributed by atoms with Crippen LogP contribution in [0.1, 0.15) is 23.2 Å². The van der Waals surface area contributed by atoms with Gasteiger partial charge in [0.25, 0.3) is 0 Å². The van der Waals surface area contributed by atoms with Gasteiger partial charge < -0.3 is 10.5 Å². The van der Waals surface area contributed by atoms with Crippen molar-refractivity contribution >= 4 is 16.6 Å². The van der Waals surface area contributed by atoms with E-state index in [0.717, 1.165) is 28.5 Å². The van der Waals surface area contributed by atoms with E-state index in [-0.39, 0.29) is 5.78 Å². The molecule has 0 radical (unpaired) electrons. The maximum absolute atomic E-state index is 11.9. The monoisotopic (exact) mass is 243 g/mol. The van der Waals surface area contributed by atoms with Crippen LogP contribution in [-0.4, -0.2) is 19.4 Å². The highest BCUT2D eigenvalue weighted by Gasteiger charge is 2.06. The van der Waals surface area contributed by atoms with E-state index >= 15 is 0 Å². The Hall–Kier alpha value is -1.87. The Labute approximate surface area is 107 Å². The molecule has 0 fully saturated rings. The molecule has 0 aliphatic carbocycles. The molecule has 0 aromatic heterocycles. The van der Waals surface area contributed by atoms with Gasteiger partial charge in [0.2, 0.25) is 0 Å². The number of hydrogen-bond donors (Lipinski definition) is 1. The Balaban J connectivity index is 2.30. The average Bonchev–Trinajstić information content (AvgIpc) is 2.43. The van der Waals surface area contributed by atoms with E-state index in [4.69, 9.17) is 10.5 Å². The smallest absolute Gasteiger partial charge is 0.162 e. The van der Waals surface area contributed by atoms with E-state index in [9.17, 15) is 4.79 Å². The Kier molecular flexibility index (Phi) is 3.95. The zero-order valence-corrected chi connectivity index (χ0v) is 10.5. The molecule has 0 heterocycles. The molecular weight excluding hydrogens is 226 g/mol. The molecule has 2 aromatic rings. The number of carbonyl (C=O) groups is 1. The molecule has 3 nitrogen and oxygen atoms in total. The van der Waals surface area contributed by atoms with Crippen LogP contribution in [0.15, 0.2) is 36.4 Å². The van der Waals surface area contributed by atoms with Crippen LogP contribution < -0.4 is 10.5 Å². The van der Waals surface area contributed by atoms with Crippen LogP contribution in [0.4, 0.5) is 0 Å². The van der Waals surface area contributed by atoms with Gasteiger partial charge >= 0.3 is 0 Å². The lowest BCUT2D eigenvalue weighted by molar-refractivity contribution is 0.0981. The van der Waals surface area contributed by atoms with Gasteiger partial charge in [-0.3, -0.25) is 4.79 Å². The summed E-state index contributed by atoms with van der Waals surface area (Å²) in [5.74, 6) is 0.975. The molecule has 0 amide bonds. The average molecular weight is 243 g/mol. The van der Waals surface area contributed by atoms with Crippen molar-refractivity contribution in [3.8, 4) is 5.75 Å². The number of methoxy groups -OCH3 is 1. The molecule has 2 N–H and O–H groups in total. The van der Waals surface area contributed by atoms with Crippen LogP contribution in [0.5, 0.6) is 5.75 Å². The quantitative estimate of drug-likeness (QED) is 0.821. The molecule has 2 aromatic carbocycles. The summed E-state index contributed by atoms with van der Waals surface area (Å²) in [5.41, 5.74) is 6.16. The fraction of sp³-hybridized carbons (Fsp3) is 0.267. The molecule has 94 valence electrons. The van der Waals surface area contributed by atoms with Gasteiger partial charge in [0.15, 0.2) is 5.78 Å². The van der Waals surface area contributed by atoms with E-state index < -0.39 is 0 Å². The number of carbonyl (C=O) groups excluding carboxylic acids is 1. The number of fused-ring (bicyclic) bond motifs is 1. The predicted molar refractivity (Wildman–Crippen MR) is 73.1 cm³/mol. The SMILES string of the molecule is COc1ccc2cc(C(=O)CCCN)ccc2c1. The van der Waals surface area contributed by atoms with E-state index in [1.54, 1.807) is 7.11 Å². The zero-order chi connectivity index (χ0) is 13.0. The van der Waals surface area contributed by atoms with Gasteiger partial charge in [-0.1, -0.05) is 18.2 Å². The summed E-state index contributed by atoms with van der Waals surface area (Å²) in [7, 11) is 1.64. The van der Waals surface area contributed by atoms with Crippen LogP contribution in [0.25, 0.3) is 10.8 Å². The van der Waals surface area contributed by atoms with Gasteiger partial charge in [-0.25, -0.2) is 0 Å². The van der Waals surface area contributed by atoms with Gasteiger partial charge in [0.05, 0.1) is 7.11 Å². The molecule has 0 bridgehead atoms. The lowest BCUT2D eigenvalue weighted by atomic mass is 10.0. The zero-order valence-electron chi connectivity index (χ0n) is 10.5. The van der Waals surface area contributed by atoms with Gasteiger partial charge in [-0.2, -0.15) is 0 Å². The van der Waals surface area contributed by atoms with Crippen LogP contribution in [-0.2, 0) is 0 Å². The Morgan fingerprint density at radius 1 is 1.17 bits per heavy atom. The summed E-state index contributed by atoms with van der Waals surface area (Å²) in [6, 6.07) is 11.6. The van der Waals surface area contributed by atoms with Gasteiger partial charge in [0, 0.05) is 12.0 Å². The first-order valence-electron chi connectivity index (χ1n) is 6.05. The first-order chi connectivity index (χ1) is 8.74. The fourth-order valence-electron chi connectivity index (χ4n) is 1.93. The molecule has 18 heavy (non-hydrogen) atoms. The van der Waals surface area contributed by atoms with E-state index in [1.165, 1.54) is 0 Å². The van der Waals surface area contributed by atoms with E-state index in [1.807, 2.05) is 36.4 Å². The normalized spacial score (nSPS) is 10.6. The van der Waals surface area contributed by atoms with E-state index in [2.05, 4.69) is 0 Å². The number of ether oxygens (including phenoxy) is 1. The summed E-state index contributed by atoms with van der Waals surface area (Å²) in [6.45, 7) is 0.552. The molecule has 0 spiro atoms. The molecule has 0 aliphatic heterocycles. The summed E-state index contributed by atoms with van der Waals surface area (Å²) in [5, 5.41) is 2.12. The third-order valence-electron chi connectivity index (χ3n) is 2.98. The van der Waals surface area contributed by atoms with Crippen molar-refractivity contribution < 1.29 is 9.53 Å². The van der Waals surface area contributed by atoms with Gasteiger partial charge in [-0.05, 0) is 41.9 Å². The highest BCUT2D eigenvalue weighted by molar-refractivity contribution is 6.00. The van der Waals surface area contributed by atoms with Crippen LogP contribution in [0.3, 0.4) is 0 Å². The van der Waals surface area contributed by atoms with Crippen molar-refractivity contribution in [2.75, 3.05) is 13.7 Å². The summed E-state index contributed by atoms with van der Waals surface area (Å²) in [4.78, 5) is 11.9. The second-order valence-electron chi connectivity index (χ2n) is 4.24. The highest BCUT2D eigenvalue weighted by atomic mass is 16.5. The molecule has 2 rings (SSSR count). The van der Waals surface area contributed by atoms with Crippen LogP contribution in [0.2, 0.25) is 0 Å². The lowest BCUT2D eigenvalue weighted by Gasteiger charge is -2.05. The first-order valence-corrected chi connectivity index (χ1v) is 6.05. The number of benzene rings is 2. The second-order valence-corrected chi connectivity index (χ2v) is 4.24. The number of hydrogen-bond acceptors (Lipinski definition) is 3. The number of nitrogens with two attached hydrogens (primary N) is 1. The van der Waals surface area contributed by atoms with E-state index in [0.29, 0.717) is 13.0 Å². The van der Waals surface area contributed by atoms with Crippen molar-refractivity contribution in [3.63, 3.8) is 0 Å². The Bertz CT molecular complexity index is 563. The molecule has 3 heteroatoms.